The molecule has 2 unspecified atom stereocenters. The maximum absolute atomic E-state index is 13.2. The summed E-state index contributed by atoms with van der Waals surface area (Å²) in [6, 6.07) is 15.5. The first-order valence-corrected chi connectivity index (χ1v) is 11.3. The standard InChI is InChI=1S/C25H29N5O2/c1-19-21(9-5-11-27-19)23(18-26)28-13-15-29(16-14-28)25(32)17-22(20-7-3-2-4-8-20)30-12-6-10-24(30)31/h2-5,7-9,11,22-23H,6,10,12-17H2,1H3. The van der Waals surface area contributed by atoms with E-state index in [1.165, 1.54) is 0 Å². The van der Waals surface area contributed by atoms with Gasteiger partial charge in [0.2, 0.25) is 11.8 Å². The first-order valence-electron chi connectivity index (χ1n) is 11.3. The van der Waals surface area contributed by atoms with Gasteiger partial charge in [0.05, 0.1) is 18.5 Å². The number of rotatable bonds is 6. The zero-order chi connectivity index (χ0) is 22.5. The molecule has 3 heterocycles. The lowest BCUT2D eigenvalue weighted by atomic mass is 10.0. The molecule has 166 valence electrons. The van der Waals surface area contributed by atoms with Gasteiger partial charge in [-0.25, -0.2) is 0 Å². The molecule has 2 saturated heterocycles. The predicted molar refractivity (Wildman–Crippen MR) is 120 cm³/mol. The summed E-state index contributed by atoms with van der Waals surface area (Å²) in [6.07, 6.45) is 3.43. The highest BCUT2D eigenvalue weighted by Gasteiger charge is 2.33. The lowest BCUT2D eigenvalue weighted by molar-refractivity contribution is -0.136. The Morgan fingerprint density at radius 2 is 1.84 bits per heavy atom. The molecule has 4 rings (SSSR count). The fourth-order valence-electron chi connectivity index (χ4n) is 4.74. The number of nitriles is 1. The van der Waals surface area contributed by atoms with E-state index in [0.29, 0.717) is 45.6 Å². The van der Waals surface area contributed by atoms with Gasteiger partial charge in [-0.1, -0.05) is 36.4 Å². The van der Waals surface area contributed by atoms with Crippen LogP contribution >= 0.6 is 0 Å². The van der Waals surface area contributed by atoms with E-state index in [9.17, 15) is 14.9 Å². The van der Waals surface area contributed by atoms with Crippen LogP contribution in [0.5, 0.6) is 0 Å². The number of benzene rings is 1. The summed E-state index contributed by atoms with van der Waals surface area (Å²) in [5.41, 5.74) is 2.79. The number of pyridine rings is 1. The van der Waals surface area contributed by atoms with Crippen LogP contribution in [0, 0.1) is 18.3 Å². The first kappa shape index (κ1) is 22.0. The zero-order valence-corrected chi connectivity index (χ0v) is 18.5. The third-order valence-electron chi connectivity index (χ3n) is 6.54. The van der Waals surface area contributed by atoms with E-state index in [-0.39, 0.29) is 23.9 Å². The zero-order valence-electron chi connectivity index (χ0n) is 18.5. The van der Waals surface area contributed by atoms with Crippen molar-refractivity contribution in [3.8, 4) is 6.07 Å². The Kier molecular flexibility index (Phi) is 6.81. The molecule has 2 fully saturated rings. The van der Waals surface area contributed by atoms with E-state index in [0.717, 1.165) is 23.2 Å². The summed E-state index contributed by atoms with van der Waals surface area (Å²) in [5.74, 6) is 0.185. The molecule has 0 spiro atoms. The minimum absolute atomic E-state index is 0.0595. The van der Waals surface area contributed by atoms with Crippen molar-refractivity contribution in [3.05, 3.63) is 65.5 Å². The van der Waals surface area contributed by atoms with Gasteiger partial charge < -0.3 is 9.80 Å². The van der Waals surface area contributed by atoms with Crippen LogP contribution in [-0.4, -0.2) is 64.2 Å². The molecule has 2 aliphatic heterocycles. The van der Waals surface area contributed by atoms with Crippen molar-refractivity contribution in [2.45, 2.75) is 38.3 Å². The molecule has 2 atom stereocenters. The summed E-state index contributed by atoms with van der Waals surface area (Å²) < 4.78 is 0. The number of likely N-dealkylation sites (tertiary alicyclic amines) is 1. The van der Waals surface area contributed by atoms with Crippen LogP contribution in [-0.2, 0) is 9.59 Å². The Hall–Kier alpha value is -3.24. The number of hydrogen-bond acceptors (Lipinski definition) is 5. The Morgan fingerprint density at radius 1 is 1.09 bits per heavy atom. The molecule has 0 bridgehead atoms. The molecule has 32 heavy (non-hydrogen) atoms. The van der Waals surface area contributed by atoms with E-state index in [1.807, 2.05) is 59.2 Å². The number of carbonyl (C=O) groups is 2. The van der Waals surface area contributed by atoms with Gasteiger partial charge in [-0.3, -0.25) is 19.5 Å². The highest BCUT2D eigenvalue weighted by molar-refractivity contribution is 5.81. The highest BCUT2D eigenvalue weighted by atomic mass is 16.2. The Labute approximate surface area is 189 Å². The topological polar surface area (TPSA) is 80.5 Å². The first-order chi connectivity index (χ1) is 15.6. The molecular formula is C25H29N5O2. The fourth-order valence-corrected chi connectivity index (χ4v) is 4.74. The van der Waals surface area contributed by atoms with E-state index in [1.54, 1.807) is 6.20 Å². The number of aromatic nitrogens is 1. The maximum atomic E-state index is 13.2. The number of carbonyl (C=O) groups excluding carboxylic acids is 2. The second kappa shape index (κ2) is 9.92. The van der Waals surface area contributed by atoms with Crippen molar-refractivity contribution < 1.29 is 9.59 Å². The second-order valence-electron chi connectivity index (χ2n) is 8.45. The van der Waals surface area contributed by atoms with Crippen molar-refractivity contribution >= 4 is 11.8 Å². The van der Waals surface area contributed by atoms with Crippen LogP contribution in [0.4, 0.5) is 0 Å². The lowest BCUT2D eigenvalue weighted by Crippen LogP contribution is -2.50. The average molecular weight is 432 g/mol. The quantitative estimate of drug-likeness (QED) is 0.703. The largest absolute Gasteiger partial charge is 0.340 e. The SMILES string of the molecule is Cc1ncccc1C(C#N)N1CCN(C(=O)CC(c2ccccc2)N2CCCC2=O)CC1. The minimum Gasteiger partial charge on any atom is -0.340 e. The van der Waals surface area contributed by atoms with Gasteiger partial charge >= 0.3 is 0 Å². The van der Waals surface area contributed by atoms with Crippen molar-refractivity contribution in [2.75, 3.05) is 32.7 Å². The van der Waals surface area contributed by atoms with E-state index >= 15 is 0 Å². The van der Waals surface area contributed by atoms with Crippen LogP contribution in [0.1, 0.15) is 48.2 Å². The summed E-state index contributed by atoms with van der Waals surface area (Å²) >= 11 is 0. The third-order valence-corrected chi connectivity index (χ3v) is 6.54. The molecule has 1 aromatic carbocycles. The molecule has 2 aromatic rings. The monoisotopic (exact) mass is 431 g/mol. The number of piperazine rings is 1. The van der Waals surface area contributed by atoms with Gasteiger partial charge in [-0.05, 0) is 25.0 Å². The summed E-state index contributed by atoms with van der Waals surface area (Å²) in [6.45, 7) is 5.04. The fraction of sp³-hybridized carbons (Fsp3) is 0.440. The van der Waals surface area contributed by atoms with Crippen molar-refractivity contribution in [1.82, 2.24) is 19.7 Å². The normalized spacial score (nSPS) is 18.9. The summed E-state index contributed by atoms with van der Waals surface area (Å²) in [5, 5.41) is 9.78. The van der Waals surface area contributed by atoms with Gasteiger partial charge in [-0.15, -0.1) is 0 Å². The van der Waals surface area contributed by atoms with Gasteiger partial charge in [-0.2, -0.15) is 5.26 Å². The molecule has 0 N–H and O–H groups in total. The number of amides is 2. The van der Waals surface area contributed by atoms with Gasteiger partial charge in [0.15, 0.2) is 0 Å². The van der Waals surface area contributed by atoms with Gasteiger partial charge in [0.25, 0.3) is 0 Å². The summed E-state index contributed by atoms with van der Waals surface area (Å²) in [7, 11) is 0. The van der Waals surface area contributed by atoms with Crippen LogP contribution in [0.2, 0.25) is 0 Å². The van der Waals surface area contributed by atoms with Crippen molar-refractivity contribution in [3.63, 3.8) is 0 Å². The van der Waals surface area contributed by atoms with E-state index in [4.69, 9.17) is 0 Å². The van der Waals surface area contributed by atoms with Gasteiger partial charge in [0, 0.05) is 56.6 Å². The Balaban J connectivity index is 1.41. The molecule has 0 aliphatic carbocycles. The number of nitrogens with zero attached hydrogens (tertiary/aromatic N) is 5. The molecular weight excluding hydrogens is 402 g/mol. The third kappa shape index (κ3) is 4.66. The highest BCUT2D eigenvalue weighted by Crippen LogP contribution is 2.30. The molecule has 7 nitrogen and oxygen atoms in total. The molecule has 0 saturated carbocycles. The lowest BCUT2D eigenvalue weighted by Gasteiger charge is -2.38. The Bertz CT molecular complexity index is 995. The van der Waals surface area contributed by atoms with Crippen LogP contribution in [0.25, 0.3) is 0 Å². The number of hydrogen-bond donors (Lipinski definition) is 0. The molecule has 2 aliphatic rings. The molecule has 1 aromatic heterocycles. The predicted octanol–water partition coefficient (Wildman–Crippen LogP) is 2.85. The van der Waals surface area contributed by atoms with Crippen molar-refractivity contribution in [1.29, 1.82) is 5.26 Å². The summed E-state index contributed by atoms with van der Waals surface area (Å²) in [4.78, 5) is 35.8. The van der Waals surface area contributed by atoms with Crippen LogP contribution in [0.3, 0.4) is 0 Å². The van der Waals surface area contributed by atoms with E-state index in [2.05, 4.69) is 16.0 Å². The minimum atomic E-state index is -0.361. The van der Waals surface area contributed by atoms with Crippen LogP contribution in [0.15, 0.2) is 48.7 Å². The molecule has 2 amide bonds. The Morgan fingerprint density at radius 3 is 2.47 bits per heavy atom. The van der Waals surface area contributed by atoms with Gasteiger partial charge in [0.1, 0.15) is 6.04 Å². The maximum Gasteiger partial charge on any atom is 0.225 e. The molecule has 7 heteroatoms. The van der Waals surface area contributed by atoms with Crippen LogP contribution < -0.4 is 0 Å². The number of aryl methyl sites for hydroxylation is 1. The van der Waals surface area contributed by atoms with E-state index < -0.39 is 0 Å². The van der Waals surface area contributed by atoms with Crippen molar-refractivity contribution in [2.24, 2.45) is 0 Å². The molecule has 0 radical (unpaired) electrons. The average Bonchev–Trinajstić information content (AvgIpc) is 3.25. The smallest absolute Gasteiger partial charge is 0.225 e. The second-order valence-corrected chi connectivity index (χ2v) is 8.45.